The molecule has 3 heterocycles. The van der Waals surface area contributed by atoms with Crippen molar-refractivity contribution >= 4 is 17.5 Å². The van der Waals surface area contributed by atoms with Crippen LogP contribution in [0.4, 0.5) is 0 Å². The molecule has 7 nitrogen and oxygen atoms in total. The van der Waals surface area contributed by atoms with Gasteiger partial charge < -0.3 is 9.64 Å². The Labute approximate surface area is 155 Å². The van der Waals surface area contributed by atoms with E-state index in [-0.39, 0.29) is 12.0 Å². The molecule has 0 radical (unpaired) electrons. The molecule has 1 fully saturated rings. The maximum atomic E-state index is 12.9. The molecule has 0 N–H and O–H groups in total. The number of rotatable bonds is 3. The van der Waals surface area contributed by atoms with Crippen molar-refractivity contribution in [2.75, 3.05) is 19.7 Å². The molecule has 1 aliphatic rings. The summed E-state index contributed by atoms with van der Waals surface area (Å²) in [6.45, 7) is 1.53. The Morgan fingerprint density at radius 1 is 1.15 bits per heavy atom. The Hall–Kier alpha value is -2.77. The number of carbonyl (C=O) groups is 1. The Morgan fingerprint density at radius 3 is 2.69 bits per heavy atom. The average Bonchev–Trinajstić information content (AvgIpc) is 3.23. The second-order valence-corrected chi connectivity index (χ2v) is 6.37. The van der Waals surface area contributed by atoms with Crippen LogP contribution in [0.15, 0.2) is 55.2 Å². The van der Waals surface area contributed by atoms with Crippen molar-refractivity contribution in [2.24, 2.45) is 0 Å². The molecule has 8 heteroatoms. The molecule has 1 atom stereocenters. The number of benzene rings is 1. The summed E-state index contributed by atoms with van der Waals surface area (Å²) in [7, 11) is 0. The van der Waals surface area contributed by atoms with Gasteiger partial charge in [0.1, 0.15) is 24.6 Å². The average molecular weight is 370 g/mol. The molecule has 1 aromatic carbocycles. The lowest BCUT2D eigenvalue weighted by molar-refractivity contribution is -0.0228. The maximum absolute atomic E-state index is 12.9. The summed E-state index contributed by atoms with van der Waals surface area (Å²) >= 11 is 5.94. The summed E-state index contributed by atoms with van der Waals surface area (Å²) in [4.78, 5) is 19.0. The van der Waals surface area contributed by atoms with Crippen LogP contribution in [0.2, 0.25) is 5.02 Å². The summed E-state index contributed by atoms with van der Waals surface area (Å²) in [5.74, 6) is 0.548. The van der Waals surface area contributed by atoms with Crippen molar-refractivity contribution in [3.8, 4) is 5.82 Å². The lowest BCUT2D eigenvalue weighted by Crippen LogP contribution is -2.42. The fourth-order valence-electron chi connectivity index (χ4n) is 2.91. The second kappa shape index (κ2) is 7.23. The monoisotopic (exact) mass is 369 g/mol. The van der Waals surface area contributed by atoms with E-state index >= 15 is 0 Å². The van der Waals surface area contributed by atoms with E-state index in [1.54, 1.807) is 40.5 Å². The molecule has 132 valence electrons. The minimum absolute atomic E-state index is 0.0519. The normalized spacial score (nSPS) is 17.3. The third kappa shape index (κ3) is 3.44. The summed E-state index contributed by atoms with van der Waals surface area (Å²) in [5.41, 5.74) is 1.58. The van der Waals surface area contributed by atoms with Gasteiger partial charge in [-0.15, -0.1) is 10.2 Å². The minimum Gasteiger partial charge on any atom is -0.370 e. The van der Waals surface area contributed by atoms with Crippen LogP contribution in [0.3, 0.4) is 0 Å². The molecule has 3 aromatic rings. The number of carbonyl (C=O) groups excluding carboxylic acids is 1. The van der Waals surface area contributed by atoms with E-state index in [4.69, 9.17) is 16.3 Å². The van der Waals surface area contributed by atoms with Crippen molar-refractivity contribution in [2.45, 2.75) is 6.10 Å². The number of amides is 1. The highest BCUT2D eigenvalue weighted by molar-refractivity contribution is 6.30. The Morgan fingerprint density at radius 2 is 1.92 bits per heavy atom. The fourth-order valence-corrected chi connectivity index (χ4v) is 3.03. The number of hydrogen-bond donors (Lipinski definition) is 0. The smallest absolute Gasteiger partial charge is 0.254 e. The van der Waals surface area contributed by atoms with Gasteiger partial charge in [0.2, 0.25) is 0 Å². The molecule has 0 saturated carbocycles. The van der Waals surface area contributed by atoms with Gasteiger partial charge in [0.25, 0.3) is 5.91 Å². The molecule has 0 spiro atoms. The molecule has 1 aliphatic heterocycles. The molecule has 0 bridgehead atoms. The predicted molar refractivity (Wildman–Crippen MR) is 95.2 cm³/mol. The highest BCUT2D eigenvalue weighted by Gasteiger charge is 2.26. The number of halogens is 1. The van der Waals surface area contributed by atoms with Gasteiger partial charge in [-0.2, -0.15) is 0 Å². The van der Waals surface area contributed by atoms with E-state index < -0.39 is 0 Å². The zero-order chi connectivity index (χ0) is 17.9. The summed E-state index contributed by atoms with van der Waals surface area (Å²) in [6, 6.07) is 11.0. The number of morpholine rings is 1. The first kappa shape index (κ1) is 16.7. The first-order valence-electron chi connectivity index (χ1n) is 8.18. The number of nitrogens with zero attached hydrogens (tertiary/aromatic N) is 5. The molecule has 1 saturated heterocycles. The lowest BCUT2D eigenvalue weighted by atomic mass is 10.1. The zero-order valence-electron chi connectivity index (χ0n) is 13.8. The van der Waals surface area contributed by atoms with Gasteiger partial charge >= 0.3 is 0 Å². The summed E-state index contributed by atoms with van der Waals surface area (Å²) in [5, 5.41) is 8.21. The molecular weight excluding hydrogens is 354 g/mol. The van der Waals surface area contributed by atoms with E-state index in [1.807, 2.05) is 24.3 Å². The van der Waals surface area contributed by atoms with Gasteiger partial charge in [-0.1, -0.05) is 23.7 Å². The van der Waals surface area contributed by atoms with Gasteiger partial charge in [-0.05, 0) is 29.8 Å². The predicted octanol–water partition coefficient (Wildman–Crippen LogP) is 2.53. The van der Waals surface area contributed by atoms with E-state index in [0.29, 0.717) is 36.1 Å². The van der Waals surface area contributed by atoms with E-state index in [9.17, 15) is 4.79 Å². The number of aromatic nitrogens is 4. The van der Waals surface area contributed by atoms with Crippen molar-refractivity contribution in [1.82, 2.24) is 24.6 Å². The van der Waals surface area contributed by atoms with E-state index in [0.717, 1.165) is 5.56 Å². The van der Waals surface area contributed by atoms with Gasteiger partial charge in [0, 0.05) is 23.3 Å². The SMILES string of the molecule is O=C(c1ccnc(-n2cnnc2)c1)N1CCO[C@H](c2ccc(Cl)cc2)C1. The van der Waals surface area contributed by atoms with Crippen molar-refractivity contribution in [3.63, 3.8) is 0 Å². The third-order valence-electron chi connectivity index (χ3n) is 4.27. The van der Waals surface area contributed by atoms with Gasteiger partial charge in [0.05, 0.1) is 13.2 Å². The van der Waals surface area contributed by atoms with Crippen LogP contribution in [0.5, 0.6) is 0 Å². The van der Waals surface area contributed by atoms with Crippen LogP contribution in [-0.4, -0.2) is 50.3 Å². The second-order valence-electron chi connectivity index (χ2n) is 5.93. The van der Waals surface area contributed by atoms with E-state index in [2.05, 4.69) is 15.2 Å². The Kier molecular flexibility index (Phi) is 4.64. The summed E-state index contributed by atoms with van der Waals surface area (Å²) in [6.07, 6.45) is 4.54. The Balaban J connectivity index is 1.52. The first-order valence-corrected chi connectivity index (χ1v) is 8.56. The third-order valence-corrected chi connectivity index (χ3v) is 4.52. The topological polar surface area (TPSA) is 73.1 Å². The molecule has 0 unspecified atom stereocenters. The number of hydrogen-bond acceptors (Lipinski definition) is 5. The highest BCUT2D eigenvalue weighted by Crippen LogP contribution is 2.24. The highest BCUT2D eigenvalue weighted by atomic mass is 35.5. The van der Waals surface area contributed by atoms with Crippen molar-refractivity contribution < 1.29 is 9.53 Å². The minimum atomic E-state index is -0.163. The molecule has 0 aliphatic carbocycles. The standard InChI is InChI=1S/C18H16ClN5O2/c19-15-3-1-13(2-4-15)16-10-23(7-8-26-16)18(25)14-5-6-20-17(9-14)24-11-21-22-12-24/h1-6,9,11-12,16H,7-8,10H2/t16-/m0/s1. The maximum Gasteiger partial charge on any atom is 0.254 e. The van der Waals surface area contributed by atoms with Crippen LogP contribution in [0, 0.1) is 0 Å². The summed E-state index contributed by atoms with van der Waals surface area (Å²) < 4.78 is 7.49. The van der Waals surface area contributed by atoms with Crippen molar-refractivity contribution in [1.29, 1.82) is 0 Å². The number of pyridine rings is 1. The van der Waals surface area contributed by atoms with Crippen LogP contribution >= 0.6 is 11.6 Å². The van der Waals surface area contributed by atoms with Gasteiger partial charge in [-0.3, -0.25) is 9.36 Å². The van der Waals surface area contributed by atoms with Crippen LogP contribution in [-0.2, 0) is 4.74 Å². The fraction of sp³-hybridized carbons (Fsp3) is 0.222. The molecule has 1 amide bonds. The quantitative estimate of drug-likeness (QED) is 0.709. The zero-order valence-corrected chi connectivity index (χ0v) is 14.6. The lowest BCUT2D eigenvalue weighted by Gasteiger charge is -2.33. The number of ether oxygens (including phenoxy) is 1. The Bertz CT molecular complexity index is 898. The van der Waals surface area contributed by atoms with Gasteiger partial charge in [0.15, 0.2) is 0 Å². The molecular formula is C18H16ClN5O2. The van der Waals surface area contributed by atoms with Gasteiger partial charge in [-0.25, -0.2) is 4.98 Å². The molecule has 4 rings (SSSR count). The van der Waals surface area contributed by atoms with Crippen LogP contribution < -0.4 is 0 Å². The van der Waals surface area contributed by atoms with Crippen LogP contribution in [0.1, 0.15) is 22.0 Å². The van der Waals surface area contributed by atoms with Crippen LogP contribution in [0.25, 0.3) is 5.82 Å². The van der Waals surface area contributed by atoms with Crippen molar-refractivity contribution in [3.05, 3.63) is 71.4 Å². The first-order chi connectivity index (χ1) is 12.7. The molecule has 26 heavy (non-hydrogen) atoms. The largest absolute Gasteiger partial charge is 0.370 e. The van der Waals surface area contributed by atoms with E-state index in [1.165, 1.54) is 0 Å². The molecule has 2 aromatic heterocycles.